The average molecular weight is 281 g/mol. The number of nitrogens with one attached hydrogen (secondary N) is 1. The molecule has 1 N–H and O–H groups in total. The lowest BCUT2D eigenvalue weighted by Crippen LogP contribution is -2.52. The molecule has 4 heteroatoms. The molecule has 4 nitrogen and oxygen atoms in total. The average Bonchev–Trinajstić information content (AvgIpc) is 3.20. The molecule has 1 aliphatic carbocycles. The number of likely N-dealkylation sites (N-methyl/N-ethyl adjacent to an activating group) is 1. The smallest absolute Gasteiger partial charge is 0.236 e. The third kappa shape index (κ3) is 4.74. The highest BCUT2D eigenvalue weighted by Gasteiger charge is 2.32. The lowest BCUT2D eigenvalue weighted by atomic mass is 10.0. The lowest BCUT2D eigenvalue weighted by molar-refractivity contribution is -0.132. The minimum absolute atomic E-state index is 0.151. The molecule has 116 valence electrons. The van der Waals surface area contributed by atoms with Crippen molar-refractivity contribution in [2.45, 2.75) is 70.5 Å². The topological polar surface area (TPSA) is 35.6 Å². The zero-order valence-corrected chi connectivity index (χ0v) is 13.6. The van der Waals surface area contributed by atoms with Crippen molar-refractivity contribution in [2.75, 3.05) is 26.7 Å². The Morgan fingerprint density at radius 3 is 2.55 bits per heavy atom. The molecule has 2 fully saturated rings. The van der Waals surface area contributed by atoms with Crippen LogP contribution in [0.15, 0.2) is 0 Å². The normalized spacial score (nSPS) is 24.7. The molecule has 1 aliphatic heterocycles. The summed E-state index contributed by atoms with van der Waals surface area (Å²) in [6, 6.07) is 1.04. The maximum absolute atomic E-state index is 12.3. The Balaban J connectivity index is 1.84. The van der Waals surface area contributed by atoms with Crippen molar-refractivity contribution < 1.29 is 4.79 Å². The van der Waals surface area contributed by atoms with Crippen molar-refractivity contribution in [1.29, 1.82) is 0 Å². The zero-order chi connectivity index (χ0) is 14.8. The van der Waals surface area contributed by atoms with Crippen LogP contribution in [0.2, 0.25) is 0 Å². The van der Waals surface area contributed by atoms with Gasteiger partial charge in [-0.2, -0.15) is 0 Å². The van der Waals surface area contributed by atoms with Gasteiger partial charge in [0.2, 0.25) is 5.91 Å². The molecule has 2 aliphatic rings. The van der Waals surface area contributed by atoms with Gasteiger partial charge in [-0.25, -0.2) is 0 Å². The molecule has 0 spiro atoms. The maximum Gasteiger partial charge on any atom is 0.236 e. The highest BCUT2D eigenvalue weighted by Crippen LogP contribution is 2.26. The molecule has 1 saturated heterocycles. The van der Waals surface area contributed by atoms with E-state index in [9.17, 15) is 4.79 Å². The summed E-state index contributed by atoms with van der Waals surface area (Å²) in [7, 11) is 1.96. The van der Waals surface area contributed by atoms with E-state index in [0.29, 0.717) is 24.5 Å². The first-order valence-electron chi connectivity index (χ1n) is 8.11. The second-order valence-electron chi connectivity index (χ2n) is 7.49. The minimum Gasteiger partial charge on any atom is -0.342 e. The molecule has 2 rings (SSSR count). The largest absolute Gasteiger partial charge is 0.342 e. The van der Waals surface area contributed by atoms with Gasteiger partial charge >= 0.3 is 0 Å². The summed E-state index contributed by atoms with van der Waals surface area (Å²) in [6.07, 6.45) is 6.12. The first-order chi connectivity index (χ1) is 9.37. The Labute approximate surface area is 123 Å². The van der Waals surface area contributed by atoms with Crippen molar-refractivity contribution in [3.63, 3.8) is 0 Å². The molecular weight excluding hydrogens is 250 g/mol. The molecule has 0 bridgehead atoms. The molecule has 0 aromatic carbocycles. The van der Waals surface area contributed by atoms with E-state index in [1.165, 1.54) is 32.1 Å². The quantitative estimate of drug-likeness (QED) is 0.835. The van der Waals surface area contributed by atoms with Gasteiger partial charge in [0.05, 0.1) is 6.54 Å². The molecule has 20 heavy (non-hydrogen) atoms. The summed E-state index contributed by atoms with van der Waals surface area (Å²) in [4.78, 5) is 16.7. The number of nitrogens with zero attached hydrogens (tertiary/aromatic N) is 2. The fraction of sp³-hybridized carbons (Fsp3) is 0.938. The van der Waals surface area contributed by atoms with Gasteiger partial charge in [0, 0.05) is 31.2 Å². The minimum atomic E-state index is 0.151. The van der Waals surface area contributed by atoms with Gasteiger partial charge < -0.3 is 10.2 Å². The van der Waals surface area contributed by atoms with Crippen LogP contribution in [0.3, 0.4) is 0 Å². The molecule has 0 radical (unpaired) electrons. The maximum atomic E-state index is 12.3. The van der Waals surface area contributed by atoms with Crippen LogP contribution in [0, 0.1) is 0 Å². The van der Waals surface area contributed by atoms with Crippen molar-refractivity contribution in [3.05, 3.63) is 0 Å². The first kappa shape index (κ1) is 15.8. The monoisotopic (exact) mass is 281 g/mol. The van der Waals surface area contributed by atoms with Gasteiger partial charge in [-0.15, -0.1) is 0 Å². The number of likely N-dealkylation sites (tertiary alicyclic amines) is 1. The third-order valence-corrected chi connectivity index (χ3v) is 4.44. The van der Waals surface area contributed by atoms with Gasteiger partial charge in [0.25, 0.3) is 0 Å². The van der Waals surface area contributed by atoms with E-state index < -0.39 is 0 Å². The number of hydrogen-bond acceptors (Lipinski definition) is 3. The SMILES string of the molecule is CN(C(=O)CN1CCCCC1CNC(C)(C)C)C1CC1. The third-order valence-electron chi connectivity index (χ3n) is 4.44. The molecule has 1 unspecified atom stereocenters. The Morgan fingerprint density at radius 1 is 1.25 bits per heavy atom. The standard InChI is InChI=1S/C16H31N3O/c1-16(2,3)17-11-14-7-5-6-10-19(14)12-15(20)18(4)13-8-9-13/h13-14,17H,5-12H2,1-4H3. The first-order valence-corrected chi connectivity index (χ1v) is 8.11. The van der Waals surface area contributed by atoms with Crippen LogP contribution >= 0.6 is 0 Å². The summed E-state index contributed by atoms with van der Waals surface area (Å²) in [5, 5.41) is 3.59. The Morgan fingerprint density at radius 2 is 1.95 bits per heavy atom. The number of piperidine rings is 1. The van der Waals surface area contributed by atoms with E-state index >= 15 is 0 Å². The van der Waals surface area contributed by atoms with Crippen LogP contribution in [0.25, 0.3) is 0 Å². The number of amides is 1. The van der Waals surface area contributed by atoms with E-state index in [1.54, 1.807) is 0 Å². The summed E-state index contributed by atoms with van der Waals surface area (Å²) < 4.78 is 0. The molecule has 1 atom stereocenters. The van der Waals surface area contributed by atoms with E-state index in [-0.39, 0.29) is 5.54 Å². The number of rotatable bonds is 5. The zero-order valence-electron chi connectivity index (χ0n) is 13.6. The second-order valence-corrected chi connectivity index (χ2v) is 7.49. The second kappa shape index (κ2) is 6.44. The Kier molecular flexibility index (Phi) is 5.08. The van der Waals surface area contributed by atoms with Crippen LogP contribution in [-0.4, -0.2) is 60.0 Å². The molecule has 0 aromatic rings. The fourth-order valence-electron chi connectivity index (χ4n) is 2.87. The van der Waals surface area contributed by atoms with Crippen LogP contribution in [0.1, 0.15) is 52.9 Å². The Bertz CT molecular complexity index is 333. The Hall–Kier alpha value is -0.610. The lowest BCUT2D eigenvalue weighted by Gasteiger charge is -2.37. The van der Waals surface area contributed by atoms with Gasteiger partial charge in [0.1, 0.15) is 0 Å². The van der Waals surface area contributed by atoms with Crippen LogP contribution in [0.5, 0.6) is 0 Å². The van der Waals surface area contributed by atoms with Gasteiger partial charge in [-0.1, -0.05) is 6.42 Å². The molecule has 1 heterocycles. The van der Waals surface area contributed by atoms with Crippen LogP contribution in [-0.2, 0) is 4.79 Å². The number of hydrogen-bond donors (Lipinski definition) is 1. The van der Waals surface area contributed by atoms with Crippen molar-refractivity contribution in [3.8, 4) is 0 Å². The van der Waals surface area contributed by atoms with Crippen LogP contribution in [0.4, 0.5) is 0 Å². The summed E-state index contributed by atoms with van der Waals surface area (Å²) in [5.41, 5.74) is 0.151. The molecule has 1 saturated carbocycles. The summed E-state index contributed by atoms with van der Waals surface area (Å²) in [5.74, 6) is 0.301. The fourth-order valence-corrected chi connectivity index (χ4v) is 2.87. The van der Waals surface area contributed by atoms with Crippen LogP contribution < -0.4 is 5.32 Å². The van der Waals surface area contributed by atoms with Crippen molar-refractivity contribution >= 4 is 5.91 Å². The molecule has 0 aromatic heterocycles. The molecule has 1 amide bonds. The predicted molar refractivity (Wildman–Crippen MR) is 82.8 cm³/mol. The number of carbonyl (C=O) groups is 1. The van der Waals surface area contributed by atoms with E-state index in [0.717, 1.165) is 13.1 Å². The summed E-state index contributed by atoms with van der Waals surface area (Å²) >= 11 is 0. The van der Waals surface area contributed by atoms with Gasteiger partial charge in [-0.3, -0.25) is 9.69 Å². The van der Waals surface area contributed by atoms with Crippen molar-refractivity contribution in [1.82, 2.24) is 15.1 Å². The summed E-state index contributed by atoms with van der Waals surface area (Å²) in [6.45, 7) is 9.26. The van der Waals surface area contributed by atoms with Gasteiger partial charge in [-0.05, 0) is 53.0 Å². The van der Waals surface area contributed by atoms with Gasteiger partial charge in [0.15, 0.2) is 0 Å². The van der Waals surface area contributed by atoms with E-state index in [2.05, 4.69) is 31.0 Å². The van der Waals surface area contributed by atoms with E-state index in [1.807, 2.05) is 11.9 Å². The molecular formula is C16H31N3O. The van der Waals surface area contributed by atoms with E-state index in [4.69, 9.17) is 0 Å². The highest BCUT2D eigenvalue weighted by atomic mass is 16.2. The predicted octanol–water partition coefficient (Wildman–Crippen LogP) is 1.85. The van der Waals surface area contributed by atoms with Crippen molar-refractivity contribution in [2.24, 2.45) is 0 Å². The number of carbonyl (C=O) groups excluding carboxylic acids is 1. The highest BCUT2D eigenvalue weighted by molar-refractivity contribution is 5.78.